The molecule has 144 valence electrons. The number of carboxylic acid groups (broad SMARTS) is 1. The van der Waals surface area contributed by atoms with Gasteiger partial charge in [-0.1, -0.05) is 12.1 Å². The zero-order valence-corrected chi connectivity index (χ0v) is 15.6. The van der Waals surface area contributed by atoms with Crippen molar-refractivity contribution >= 4 is 12.4 Å². The molecule has 0 spiro atoms. The molecule has 1 aliphatic rings. The van der Waals surface area contributed by atoms with E-state index < -0.39 is 6.09 Å². The van der Waals surface area contributed by atoms with E-state index in [2.05, 4.69) is 22.3 Å². The molecule has 26 heavy (non-hydrogen) atoms. The number of hydrogen-bond acceptors (Lipinski definition) is 5. The Morgan fingerprint density at radius 1 is 1.42 bits per heavy atom. The third-order valence-corrected chi connectivity index (χ3v) is 5.05. The van der Waals surface area contributed by atoms with Crippen molar-refractivity contribution in [3.05, 3.63) is 29.8 Å². The largest absolute Gasteiger partial charge is 0.497 e. The SMILES string of the molecule is CNC1CC(N(CC=O)C(=O)O)CCN1CCCc1ccc(OC)cc1. The zero-order chi connectivity index (χ0) is 18.9. The molecule has 0 aromatic heterocycles. The second-order valence-electron chi connectivity index (χ2n) is 6.57. The maximum atomic E-state index is 11.4. The molecule has 1 aromatic carbocycles. The van der Waals surface area contributed by atoms with Crippen LogP contribution in [0.5, 0.6) is 5.75 Å². The fourth-order valence-corrected chi connectivity index (χ4v) is 3.59. The van der Waals surface area contributed by atoms with Gasteiger partial charge in [0.1, 0.15) is 12.0 Å². The molecule has 1 aliphatic heterocycles. The standard InChI is InChI=1S/C19H29N3O4/c1-20-18-14-16(22(12-13-23)19(24)25)9-11-21(18)10-3-4-15-5-7-17(26-2)8-6-15/h5-8,13,16,18,20H,3-4,9-12,14H2,1-2H3,(H,24,25). The van der Waals surface area contributed by atoms with Crippen LogP contribution in [0.2, 0.25) is 0 Å². The summed E-state index contributed by atoms with van der Waals surface area (Å²) in [6.45, 7) is 1.71. The number of aldehydes is 1. The average Bonchev–Trinajstić information content (AvgIpc) is 2.66. The average molecular weight is 363 g/mol. The van der Waals surface area contributed by atoms with Crippen molar-refractivity contribution in [2.24, 2.45) is 0 Å². The van der Waals surface area contributed by atoms with Crippen LogP contribution in [0.4, 0.5) is 4.79 Å². The van der Waals surface area contributed by atoms with Crippen LogP contribution in [0.3, 0.4) is 0 Å². The molecule has 2 rings (SSSR count). The van der Waals surface area contributed by atoms with Gasteiger partial charge in [-0.05, 0) is 57.0 Å². The number of nitrogens with zero attached hydrogens (tertiary/aromatic N) is 2. The van der Waals surface area contributed by atoms with Gasteiger partial charge in [0.25, 0.3) is 0 Å². The Morgan fingerprint density at radius 2 is 2.15 bits per heavy atom. The summed E-state index contributed by atoms with van der Waals surface area (Å²) in [6.07, 6.45) is 3.23. The van der Waals surface area contributed by atoms with Crippen LogP contribution >= 0.6 is 0 Å². The van der Waals surface area contributed by atoms with E-state index in [0.29, 0.717) is 12.7 Å². The molecule has 0 bridgehead atoms. The number of piperidine rings is 1. The fraction of sp³-hybridized carbons (Fsp3) is 0.579. The lowest BCUT2D eigenvalue weighted by Crippen LogP contribution is -2.56. The number of aryl methyl sites for hydroxylation is 1. The van der Waals surface area contributed by atoms with Crippen molar-refractivity contribution in [3.8, 4) is 5.75 Å². The first-order valence-electron chi connectivity index (χ1n) is 9.06. The van der Waals surface area contributed by atoms with Crippen LogP contribution in [0.25, 0.3) is 0 Å². The Morgan fingerprint density at radius 3 is 2.73 bits per heavy atom. The first-order chi connectivity index (χ1) is 12.6. The minimum absolute atomic E-state index is 0.0616. The van der Waals surface area contributed by atoms with Crippen LogP contribution in [0, 0.1) is 0 Å². The number of rotatable bonds is 9. The predicted octanol–water partition coefficient (Wildman–Crippen LogP) is 1.82. The van der Waals surface area contributed by atoms with Gasteiger partial charge in [-0.15, -0.1) is 0 Å². The maximum Gasteiger partial charge on any atom is 0.407 e. The first kappa shape index (κ1) is 20.2. The maximum absolute atomic E-state index is 11.4. The molecule has 1 fully saturated rings. The van der Waals surface area contributed by atoms with Crippen molar-refractivity contribution in [1.29, 1.82) is 0 Å². The lowest BCUT2D eigenvalue weighted by atomic mass is 9.99. The van der Waals surface area contributed by atoms with Gasteiger partial charge in [-0.25, -0.2) is 4.79 Å². The number of ether oxygens (including phenoxy) is 1. The molecule has 7 heteroatoms. The molecule has 2 unspecified atom stereocenters. The summed E-state index contributed by atoms with van der Waals surface area (Å²) >= 11 is 0. The van der Waals surface area contributed by atoms with Gasteiger partial charge in [0.15, 0.2) is 0 Å². The van der Waals surface area contributed by atoms with Gasteiger partial charge >= 0.3 is 6.09 Å². The molecule has 1 heterocycles. The highest BCUT2D eigenvalue weighted by atomic mass is 16.5. The van der Waals surface area contributed by atoms with Gasteiger partial charge in [-0.3, -0.25) is 9.80 Å². The van der Waals surface area contributed by atoms with E-state index >= 15 is 0 Å². The summed E-state index contributed by atoms with van der Waals surface area (Å²) in [4.78, 5) is 25.7. The number of benzene rings is 1. The molecule has 0 saturated carbocycles. The molecule has 1 amide bonds. The number of methoxy groups -OCH3 is 1. The fourth-order valence-electron chi connectivity index (χ4n) is 3.59. The van der Waals surface area contributed by atoms with E-state index in [1.54, 1.807) is 7.11 Å². The summed E-state index contributed by atoms with van der Waals surface area (Å²) in [5.41, 5.74) is 1.28. The molecular weight excluding hydrogens is 334 g/mol. The van der Waals surface area contributed by atoms with Crippen molar-refractivity contribution in [3.63, 3.8) is 0 Å². The number of nitrogens with one attached hydrogen (secondary N) is 1. The summed E-state index contributed by atoms with van der Waals surface area (Å²) in [6, 6.07) is 8.01. The van der Waals surface area contributed by atoms with Crippen molar-refractivity contribution < 1.29 is 19.4 Å². The topological polar surface area (TPSA) is 82.1 Å². The van der Waals surface area contributed by atoms with Crippen LogP contribution in [0.1, 0.15) is 24.8 Å². The quantitative estimate of drug-likeness (QED) is 0.651. The molecular formula is C19H29N3O4. The van der Waals surface area contributed by atoms with Gasteiger partial charge in [0.05, 0.1) is 19.8 Å². The van der Waals surface area contributed by atoms with E-state index in [1.807, 2.05) is 19.2 Å². The van der Waals surface area contributed by atoms with E-state index in [0.717, 1.165) is 38.1 Å². The lowest BCUT2D eigenvalue weighted by molar-refractivity contribution is -0.109. The summed E-state index contributed by atoms with van der Waals surface area (Å²) in [5.74, 6) is 0.865. The molecule has 1 aromatic rings. The minimum atomic E-state index is -1.02. The Labute approximate surface area is 154 Å². The zero-order valence-electron chi connectivity index (χ0n) is 15.6. The third kappa shape index (κ3) is 5.44. The Bertz CT molecular complexity index is 579. The normalized spacial score (nSPS) is 20.5. The van der Waals surface area contributed by atoms with Crippen LogP contribution in [-0.2, 0) is 11.2 Å². The second-order valence-corrected chi connectivity index (χ2v) is 6.57. The van der Waals surface area contributed by atoms with Gasteiger partial charge in [-0.2, -0.15) is 0 Å². The van der Waals surface area contributed by atoms with Crippen molar-refractivity contribution in [1.82, 2.24) is 15.1 Å². The molecule has 1 saturated heterocycles. The first-order valence-corrected chi connectivity index (χ1v) is 9.06. The lowest BCUT2D eigenvalue weighted by Gasteiger charge is -2.42. The highest BCUT2D eigenvalue weighted by molar-refractivity contribution is 5.69. The Balaban J connectivity index is 1.84. The Hall–Kier alpha value is -2.12. The van der Waals surface area contributed by atoms with E-state index in [9.17, 15) is 14.7 Å². The van der Waals surface area contributed by atoms with E-state index in [-0.39, 0.29) is 18.8 Å². The second kappa shape index (κ2) is 10.1. The monoisotopic (exact) mass is 363 g/mol. The molecule has 0 aliphatic carbocycles. The summed E-state index contributed by atoms with van der Waals surface area (Å²) in [5, 5.41) is 12.6. The van der Waals surface area contributed by atoms with Crippen molar-refractivity contribution in [2.75, 3.05) is 33.8 Å². The number of likely N-dealkylation sites (tertiary alicyclic amines) is 1. The number of carbonyl (C=O) groups excluding carboxylic acids is 1. The van der Waals surface area contributed by atoms with Crippen LogP contribution < -0.4 is 10.1 Å². The molecule has 0 radical (unpaired) electrons. The van der Waals surface area contributed by atoms with E-state index in [1.165, 1.54) is 10.5 Å². The van der Waals surface area contributed by atoms with Crippen LogP contribution in [0.15, 0.2) is 24.3 Å². The molecule has 2 atom stereocenters. The predicted molar refractivity (Wildman–Crippen MR) is 99.6 cm³/mol. The van der Waals surface area contributed by atoms with Crippen LogP contribution in [-0.4, -0.2) is 73.3 Å². The highest BCUT2D eigenvalue weighted by Crippen LogP contribution is 2.21. The van der Waals surface area contributed by atoms with Gasteiger partial charge in [0.2, 0.25) is 0 Å². The van der Waals surface area contributed by atoms with Crippen molar-refractivity contribution in [2.45, 2.75) is 37.9 Å². The third-order valence-electron chi connectivity index (χ3n) is 5.05. The number of hydrogen-bond donors (Lipinski definition) is 2. The van der Waals surface area contributed by atoms with Gasteiger partial charge in [0, 0.05) is 12.6 Å². The van der Waals surface area contributed by atoms with Gasteiger partial charge < -0.3 is 20.0 Å². The minimum Gasteiger partial charge on any atom is -0.497 e. The summed E-state index contributed by atoms with van der Waals surface area (Å²) in [7, 11) is 3.56. The molecule has 7 nitrogen and oxygen atoms in total. The number of amides is 1. The number of carbonyl (C=O) groups is 2. The van der Waals surface area contributed by atoms with E-state index in [4.69, 9.17) is 4.74 Å². The highest BCUT2D eigenvalue weighted by Gasteiger charge is 2.32. The summed E-state index contributed by atoms with van der Waals surface area (Å²) < 4.78 is 5.18. The Kier molecular flexibility index (Phi) is 7.87. The molecule has 2 N–H and O–H groups in total. The smallest absolute Gasteiger partial charge is 0.407 e.